The molecular formula is C7H14O4. The molecule has 0 bridgehead atoms. The summed E-state index contributed by atoms with van der Waals surface area (Å²) in [4.78, 5) is 9.90. The van der Waals surface area contributed by atoms with Gasteiger partial charge in [0.2, 0.25) is 6.29 Å². The van der Waals surface area contributed by atoms with Gasteiger partial charge in [0.1, 0.15) is 6.61 Å². The van der Waals surface area contributed by atoms with E-state index in [2.05, 4.69) is 4.74 Å². The molecule has 0 spiro atoms. The molecule has 0 aliphatic carbocycles. The van der Waals surface area contributed by atoms with Crippen molar-refractivity contribution in [3.05, 3.63) is 0 Å². The van der Waals surface area contributed by atoms with E-state index in [-0.39, 0.29) is 0 Å². The molecule has 1 unspecified atom stereocenters. The second-order valence-electron chi connectivity index (χ2n) is 1.78. The first-order valence-electron chi connectivity index (χ1n) is 3.63. The molecule has 0 heterocycles. The van der Waals surface area contributed by atoms with Crippen molar-refractivity contribution in [1.29, 1.82) is 0 Å². The Morgan fingerprint density at radius 2 is 2.09 bits per heavy atom. The zero-order valence-corrected chi connectivity index (χ0v) is 6.91. The van der Waals surface area contributed by atoms with Crippen LogP contribution in [-0.2, 0) is 19.0 Å². The molecular weight excluding hydrogens is 148 g/mol. The Hall–Kier alpha value is -0.610. The molecule has 0 saturated heterocycles. The summed E-state index contributed by atoms with van der Waals surface area (Å²) in [5.74, 6) is 0. The number of carbonyl (C=O) groups is 1. The normalized spacial score (nSPS) is 12.5. The number of hydrogen-bond donors (Lipinski definition) is 0. The fourth-order valence-corrected chi connectivity index (χ4v) is 0.589. The first-order chi connectivity index (χ1) is 5.35. The summed E-state index contributed by atoms with van der Waals surface area (Å²) in [5.41, 5.74) is 0. The third kappa shape index (κ3) is 5.82. The number of hydrogen-bond acceptors (Lipinski definition) is 4. The highest BCUT2D eigenvalue weighted by molar-refractivity contribution is 5.37. The van der Waals surface area contributed by atoms with Crippen LogP contribution in [0.3, 0.4) is 0 Å². The van der Waals surface area contributed by atoms with E-state index in [0.29, 0.717) is 26.3 Å². The Morgan fingerprint density at radius 3 is 2.55 bits per heavy atom. The minimum absolute atomic E-state index is 0.295. The molecule has 0 amide bonds. The van der Waals surface area contributed by atoms with Gasteiger partial charge in [-0.15, -0.1) is 0 Å². The van der Waals surface area contributed by atoms with Gasteiger partial charge < -0.3 is 14.2 Å². The molecule has 0 fully saturated rings. The Kier molecular flexibility index (Phi) is 7.08. The van der Waals surface area contributed by atoms with E-state index in [4.69, 9.17) is 9.47 Å². The molecule has 0 radical (unpaired) electrons. The summed E-state index contributed by atoms with van der Waals surface area (Å²) in [7, 11) is 0. The van der Waals surface area contributed by atoms with Crippen LogP contribution in [0.5, 0.6) is 0 Å². The van der Waals surface area contributed by atoms with E-state index in [0.717, 1.165) is 0 Å². The minimum atomic E-state index is -0.558. The van der Waals surface area contributed by atoms with Gasteiger partial charge in [0, 0.05) is 13.2 Å². The number of carbonyl (C=O) groups excluding carboxylic acids is 1. The monoisotopic (exact) mass is 162 g/mol. The molecule has 0 rings (SSSR count). The molecule has 0 aromatic heterocycles. The first-order valence-corrected chi connectivity index (χ1v) is 3.63. The van der Waals surface area contributed by atoms with Crippen LogP contribution in [0.4, 0.5) is 0 Å². The van der Waals surface area contributed by atoms with Crippen LogP contribution in [0, 0.1) is 0 Å². The maximum atomic E-state index is 9.90. The maximum absolute atomic E-state index is 9.90. The molecule has 0 saturated carbocycles. The lowest BCUT2D eigenvalue weighted by Gasteiger charge is -2.13. The van der Waals surface area contributed by atoms with E-state index in [1.165, 1.54) is 0 Å². The van der Waals surface area contributed by atoms with Crippen molar-refractivity contribution >= 4 is 6.47 Å². The maximum Gasteiger partial charge on any atom is 0.295 e. The quantitative estimate of drug-likeness (QED) is 0.405. The smallest absolute Gasteiger partial charge is 0.295 e. The van der Waals surface area contributed by atoms with Gasteiger partial charge in [-0.3, -0.25) is 4.79 Å². The van der Waals surface area contributed by atoms with Crippen LogP contribution >= 0.6 is 0 Å². The standard InChI is InChI=1S/C7H14O4/c1-3-9-5-7(10-4-2)11-6-8/h6-7H,3-5H2,1-2H3. The lowest BCUT2D eigenvalue weighted by Crippen LogP contribution is -2.22. The van der Waals surface area contributed by atoms with Crippen LogP contribution in [0.15, 0.2) is 0 Å². The first kappa shape index (κ1) is 10.4. The molecule has 4 nitrogen and oxygen atoms in total. The van der Waals surface area contributed by atoms with Crippen LogP contribution < -0.4 is 0 Å². The van der Waals surface area contributed by atoms with E-state index in [1.807, 2.05) is 13.8 Å². The zero-order valence-electron chi connectivity index (χ0n) is 6.91. The van der Waals surface area contributed by atoms with Crippen molar-refractivity contribution in [1.82, 2.24) is 0 Å². The van der Waals surface area contributed by atoms with Gasteiger partial charge in [-0.05, 0) is 13.8 Å². The van der Waals surface area contributed by atoms with Gasteiger partial charge in [0.25, 0.3) is 6.47 Å². The summed E-state index contributed by atoms with van der Waals surface area (Å²) < 4.78 is 14.6. The van der Waals surface area contributed by atoms with E-state index in [9.17, 15) is 4.79 Å². The molecule has 0 aromatic rings. The van der Waals surface area contributed by atoms with Crippen molar-refractivity contribution in [3.8, 4) is 0 Å². The van der Waals surface area contributed by atoms with Crippen LogP contribution in [0.25, 0.3) is 0 Å². The Balaban J connectivity index is 3.41. The topological polar surface area (TPSA) is 44.8 Å². The van der Waals surface area contributed by atoms with Crippen molar-refractivity contribution in [2.24, 2.45) is 0 Å². The number of ether oxygens (including phenoxy) is 3. The van der Waals surface area contributed by atoms with Crippen LogP contribution in [0.2, 0.25) is 0 Å². The van der Waals surface area contributed by atoms with Gasteiger partial charge in [-0.1, -0.05) is 0 Å². The van der Waals surface area contributed by atoms with Gasteiger partial charge in [0.15, 0.2) is 0 Å². The largest absolute Gasteiger partial charge is 0.435 e. The van der Waals surface area contributed by atoms with Crippen molar-refractivity contribution in [2.75, 3.05) is 19.8 Å². The Labute approximate surface area is 66.4 Å². The third-order valence-corrected chi connectivity index (χ3v) is 1.02. The molecule has 0 aromatic carbocycles. The van der Waals surface area contributed by atoms with Crippen molar-refractivity contribution in [2.45, 2.75) is 20.1 Å². The predicted octanol–water partition coefficient (Wildman–Crippen LogP) is 0.558. The van der Waals surface area contributed by atoms with Gasteiger partial charge in [0.05, 0.1) is 0 Å². The van der Waals surface area contributed by atoms with Gasteiger partial charge in [-0.2, -0.15) is 0 Å². The summed E-state index contributed by atoms with van der Waals surface area (Å²) >= 11 is 0. The molecule has 0 N–H and O–H groups in total. The minimum Gasteiger partial charge on any atom is -0.435 e. The number of rotatable bonds is 7. The predicted molar refractivity (Wildman–Crippen MR) is 39.1 cm³/mol. The highest BCUT2D eigenvalue weighted by Crippen LogP contribution is 1.93. The average molecular weight is 162 g/mol. The SMILES string of the molecule is CCOCC(OC=O)OCC. The lowest BCUT2D eigenvalue weighted by molar-refractivity contribution is -0.175. The fourth-order valence-electron chi connectivity index (χ4n) is 0.589. The van der Waals surface area contributed by atoms with Crippen molar-refractivity contribution in [3.63, 3.8) is 0 Å². The summed E-state index contributed by atoms with van der Waals surface area (Å²) in [6, 6.07) is 0. The summed E-state index contributed by atoms with van der Waals surface area (Å²) in [6.07, 6.45) is -0.558. The average Bonchev–Trinajstić information content (AvgIpc) is 2.01. The van der Waals surface area contributed by atoms with Gasteiger partial charge >= 0.3 is 0 Å². The highest BCUT2D eigenvalue weighted by Gasteiger charge is 2.06. The Morgan fingerprint density at radius 1 is 1.36 bits per heavy atom. The van der Waals surface area contributed by atoms with E-state index >= 15 is 0 Å². The summed E-state index contributed by atoms with van der Waals surface area (Å²) in [5, 5.41) is 0. The Bertz CT molecular complexity index is 94.4. The van der Waals surface area contributed by atoms with E-state index in [1.54, 1.807) is 0 Å². The molecule has 4 heteroatoms. The zero-order chi connectivity index (χ0) is 8.53. The molecule has 0 aliphatic rings. The molecule has 11 heavy (non-hydrogen) atoms. The van der Waals surface area contributed by atoms with E-state index < -0.39 is 6.29 Å². The third-order valence-electron chi connectivity index (χ3n) is 1.02. The second kappa shape index (κ2) is 7.50. The lowest BCUT2D eigenvalue weighted by atomic mass is 10.6. The van der Waals surface area contributed by atoms with Gasteiger partial charge in [-0.25, -0.2) is 0 Å². The molecule has 1 atom stereocenters. The van der Waals surface area contributed by atoms with Crippen molar-refractivity contribution < 1.29 is 19.0 Å². The molecule has 0 aliphatic heterocycles. The summed E-state index contributed by atoms with van der Waals surface area (Å²) in [6.45, 7) is 5.44. The highest BCUT2D eigenvalue weighted by atomic mass is 16.7. The fraction of sp³-hybridized carbons (Fsp3) is 0.857. The molecule has 66 valence electrons. The van der Waals surface area contributed by atoms with Crippen LogP contribution in [-0.4, -0.2) is 32.6 Å². The van der Waals surface area contributed by atoms with Crippen LogP contribution in [0.1, 0.15) is 13.8 Å². The second-order valence-corrected chi connectivity index (χ2v) is 1.78.